The summed E-state index contributed by atoms with van der Waals surface area (Å²) in [4.78, 5) is 11.0. The van der Waals surface area contributed by atoms with Crippen molar-refractivity contribution in [2.45, 2.75) is 44.8 Å². The molecule has 11 heteroatoms. The van der Waals surface area contributed by atoms with E-state index >= 15 is 0 Å². The smallest absolute Gasteiger partial charge is 0.351 e. The summed E-state index contributed by atoms with van der Waals surface area (Å²) < 4.78 is 88.6. The van der Waals surface area contributed by atoms with Gasteiger partial charge in [-0.25, -0.2) is 0 Å². The lowest BCUT2D eigenvalue weighted by Crippen LogP contribution is -2.59. The number of hydrogen-bond donors (Lipinski definition) is 1. The molecule has 0 saturated carbocycles. The van der Waals surface area contributed by atoms with Gasteiger partial charge in [-0.1, -0.05) is 0 Å². The van der Waals surface area contributed by atoms with E-state index in [0.717, 1.165) is 5.69 Å². The highest BCUT2D eigenvalue weighted by Gasteiger charge is 2.76. The van der Waals surface area contributed by atoms with Crippen molar-refractivity contribution < 1.29 is 35.5 Å². The molecule has 0 unspecified atom stereocenters. The molecule has 1 N–H and O–H groups in total. The van der Waals surface area contributed by atoms with Gasteiger partial charge in [0.2, 0.25) is 0 Å². The van der Waals surface area contributed by atoms with Crippen LogP contribution in [0.1, 0.15) is 17.8 Å². The van der Waals surface area contributed by atoms with Crippen LogP contribution in [0.2, 0.25) is 0 Å². The van der Waals surface area contributed by atoms with Gasteiger partial charge in [-0.15, -0.1) is 0 Å². The molecule has 0 aromatic carbocycles. The Bertz CT molecular complexity index is 565. The molecule has 132 valence electrons. The summed E-state index contributed by atoms with van der Waals surface area (Å²) in [6.45, 7) is 3.11. The Hall–Kier alpha value is -1.81. The van der Waals surface area contributed by atoms with Gasteiger partial charge >= 0.3 is 18.0 Å². The van der Waals surface area contributed by atoms with Crippen molar-refractivity contribution in [2.24, 2.45) is 0 Å². The zero-order chi connectivity index (χ0) is 18.1. The summed E-state index contributed by atoms with van der Waals surface area (Å²) in [5, 5.41) is 5.42. The Morgan fingerprint density at radius 1 is 1.17 bits per heavy atom. The van der Waals surface area contributed by atoms with Crippen LogP contribution < -0.4 is 5.32 Å². The lowest BCUT2D eigenvalue weighted by molar-refractivity contribution is -0.344. The maximum Gasteiger partial charge on any atom is 0.460 e. The van der Waals surface area contributed by atoms with Crippen molar-refractivity contribution in [2.75, 3.05) is 6.54 Å². The van der Waals surface area contributed by atoms with Crippen LogP contribution in [0.25, 0.3) is 0 Å². The summed E-state index contributed by atoms with van der Waals surface area (Å²) >= 11 is 0. The third-order valence-electron chi connectivity index (χ3n) is 2.97. The maximum atomic E-state index is 13.0. The molecular formula is C12H14F7N3O. The average Bonchev–Trinajstić information content (AvgIpc) is 2.71. The van der Waals surface area contributed by atoms with Gasteiger partial charge in [0.05, 0.1) is 5.69 Å². The van der Waals surface area contributed by atoms with Crippen LogP contribution in [0.4, 0.5) is 30.7 Å². The second-order valence-corrected chi connectivity index (χ2v) is 4.91. The largest absolute Gasteiger partial charge is 0.460 e. The van der Waals surface area contributed by atoms with Gasteiger partial charge in [0.25, 0.3) is 5.91 Å². The molecule has 4 nitrogen and oxygen atoms in total. The van der Waals surface area contributed by atoms with Gasteiger partial charge in [0.1, 0.15) is 0 Å². The first-order chi connectivity index (χ1) is 10.3. The second-order valence-electron chi connectivity index (χ2n) is 4.91. The minimum atomic E-state index is -6.53. The van der Waals surface area contributed by atoms with E-state index in [9.17, 15) is 35.5 Å². The van der Waals surface area contributed by atoms with Crippen molar-refractivity contribution >= 4 is 5.91 Å². The predicted molar refractivity (Wildman–Crippen MR) is 65.3 cm³/mol. The minimum Gasteiger partial charge on any atom is -0.351 e. The molecule has 0 aliphatic rings. The Morgan fingerprint density at radius 3 is 2.17 bits per heavy atom. The highest BCUT2D eigenvalue weighted by atomic mass is 19.4. The third-order valence-corrected chi connectivity index (χ3v) is 2.97. The van der Waals surface area contributed by atoms with Gasteiger partial charge in [0.15, 0.2) is 0 Å². The molecule has 0 atom stereocenters. The SMILES string of the molecule is Cc1cc(C)n(CCCNC(=O)C(F)(F)C(F)(F)C(F)(F)F)n1. The monoisotopic (exact) mass is 349 g/mol. The number of hydrogen-bond acceptors (Lipinski definition) is 2. The molecule has 0 radical (unpaired) electrons. The number of carbonyl (C=O) groups excluding carboxylic acids is 1. The number of nitrogens with one attached hydrogen (secondary N) is 1. The minimum absolute atomic E-state index is 0.0291. The van der Waals surface area contributed by atoms with E-state index in [-0.39, 0.29) is 13.0 Å². The number of nitrogens with zero attached hydrogens (tertiary/aromatic N) is 2. The molecule has 0 saturated heterocycles. The van der Waals surface area contributed by atoms with E-state index in [1.54, 1.807) is 19.9 Å². The maximum absolute atomic E-state index is 13.0. The normalized spacial score (nSPS) is 13.3. The molecular weight excluding hydrogens is 335 g/mol. The summed E-state index contributed by atoms with van der Waals surface area (Å²) in [6, 6.07) is 1.73. The van der Waals surface area contributed by atoms with Gasteiger partial charge in [-0.3, -0.25) is 9.48 Å². The molecule has 0 aliphatic heterocycles. The Labute approximate surface area is 126 Å². The van der Waals surface area contributed by atoms with Crippen LogP contribution in [-0.2, 0) is 11.3 Å². The molecule has 1 aromatic heterocycles. The van der Waals surface area contributed by atoms with Crippen molar-refractivity contribution in [1.82, 2.24) is 15.1 Å². The van der Waals surface area contributed by atoms with Gasteiger partial charge in [-0.2, -0.15) is 35.8 Å². The van der Waals surface area contributed by atoms with Gasteiger partial charge in [0, 0.05) is 18.8 Å². The summed E-state index contributed by atoms with van der Waals surface area (Å²) in [5.41, 5.74) is 1.45. The molecule has 0 fully saturated rings. The first kappa shape index (κ1) is 19.2. The number of amides is 1. The molecule has 0 spiro atoms. The van der Waals surface area contributed by atoms with Crippen LogP contribution in [0.15, 0.2) is 6.07 Å². The van der Waals surface area contributed by atoms with Gasteiger partial charge < -0.3 is 5.32 Å². The number of aryl methyl sites for hydroxylation is 3. The van der Waals surface area contributed by atoms with Crippen LogP contribution in [0.3, 0.4) is 0 Å². The van der Waals surface area contributed by atoms with Crippen molar-refractivity contribution in [3.05, 3.63) is 17.5 Å². The van der Waals surface area contributed by atoms with Crippen molar-refractivity contribution in [3.63, 3.8) is 0 Å². The van der Waals surface area contributed by atoms with Crippen molar-refractivity contribution in [3.8, 4) is 0 Å². The predicted octanol–water partition coefficient (Wildman–Crippen LogP) is 2.84. The lowest BCUT2D eigenvalue weighted by atomic mass is 10.1. The zero-order valence-electron chi connectivity index (χ0n) is 12.1. The van der Waals surface area contributed by atoms with E-state index in [0.29, 0.717) is 5.69 Å². The van der Waals surface area contributed by atoms with Crippen LogP contribution in [0.5, 0.6) is 0 Å². The zero-order valence-corrected chi connectivity index (χ0v) is 12.1. The molecule has 1 heterocycles. The quantitative estimate of drug-likeness (QED) is 0.634. The van der Waals surface area contributed by atoms with Crippen LogP contribution in [-0.4, -0.2) is 40.3 Å². The summed E-state index contributed by atoms with van der Waals surface area (Å²) in [6.07, 6.45) is -6.50. The first-order valence-corrected chi connectivity index (χ1v) is 6.42. The Kier molecular flexibility index (Phi) is 5.32. The van der Waals surface area contributed by atoms with E-state index in [2.05, 4.69) is 5.10 Å². The average molecular weight is 349 g/mol. The lowest BCUT2D eigenvalue weighted by Gasteiger charge is -2.27. The topological polar surface area (TPSA) is 46.9 Å². The summed E-state index contributed by atoms with van der Waals surface area (Å²) in [5.74, 6) is -15.0. The highest BCUT2D eigenvalue weighted by molar-refractivity contribution is 5.84. The fourth-order valence-electron chi connectivity index (χ4n) is 1.76. The van der Waals surface area contributed by atoms with Gasteiger partial charge in [-0.05, 0) is 26.3 Å². The number of aromatic nitrogens is 2. The van der Waals surface area contributed by atoms with E-state index in [4.69, 9.17) is 0 Å². The molecule has 1 aromatic rings. The first-order valence-electron chi connectivity index (χ1n) is 6.42. The third kappa shape index (κ3) is 3.94. The molecule has 0 bridgehead atoms. The number of halogens is 7. The fraction of sp³-hybridized carbons (Fsp3) is 0.667. The summed E-state index contributed by atoms with van der Waals surface area (Å²) in [7, 11) is 0. The molecule has 23 heavy (non-hydrogen) atoms. The van der Waals surface area contributed by atoms with E-state index < -0.39 is 30.5 Å². The highest BCUT2D eigenvalue weighted by Crippen LogP contribution is 2.46. The van der Waals surface area contributed by atoms with E-state index in [1.165, 1.54) is 10.00 Å². The Morgan fingerprint density at radius 2 is 1.74 bits per heavy atom. The van der Waals surface area contributed by atoms with Crippen molar-refractivity contribution in [1.29, 1.82) is 0 Å². The standard InChI is InChI=1S/C12H14F7N3O/c1-7-6-8(2)22(21-7)5-3-4-20-9(23)10(13,14)11(15,16)12(17,18)19/h6H,3-5H2,1-2H3,(H,20,23). The number of carbonyl (C=O) groups is 1. The van der Waals surface area contributed by atoms with E-state index in [1.807, 2.05) is 0 Å². The number of alkyl halides is 7. The Balaban J connectivity index is 2.58. The molecule has 1 rings (SSSR count). The van der Waals surface area contributed by atoms with Crippen LogP contribution >= 0.6 is 0 Å². The fourth-order valence-corrected chi connectivity index (χ4v) is 1.76. The number of rotatable bonds is 6. The second kappa shape index (κ2) is 6.36. The molecule has 0 aliphatic carbocycles. The van der Waals surface area contributed by atoms with Crippen LogP contribution in [0, 0.1) is 13.8 Å². The molecule has 1 amide bonds.